The molecule has 19 heavy (non-hydrogen) atoms. The molecule has 0 aliphatic carbocycles. The van der Waals surface area contributed by atoms with Crippen LogP contribution in [-0.4, -0.2) is 49.3 Å². The summed E-state index contributed by atoms with van der Waals surface area (Å²) in [6, 6.07) is -0.329. The lowest BCUT2D eigenvalue weighted by molar-refractivity contribution is -0.137. The van der Waals surface area contributed by atoms with E-state index in [1.807, 2.05) is 20.8 Å². The number of hydrogen-bond acceptors (Lipinski definition) is 4. The van der Waals surface area contributed by atoms with Gasteiger partial charge in [-0.05, 0) is 20.8 Å². The Kier molecular flexibility index (Phi) is 4.85. The van der Waals surface area contributed by atoms with Gasteiger partial charge in [0.1, 0.15) is 12.2 Å². The van der Waals surface area contributed by atoms with Gasteiger partial charge in [-0.15, -0.1) is 0 Å². The molecule has 8 heteroatoms. The number of rotatable bonds is 5. The highest BCUT2D eigenvalue weighted by atomic mass is 16.4. The van der Waals surface area contributed by atoms with Gasteiger partial charge < -0.3 is 15.3 Å². The first kappa shape index (κ1) is 14.9. The number of aliphatic carboxylic acids is 1. The maximum Gasteiger partial charge on any atom is 0.318 e. The number of carbonyl (C=O) groups is 2. The second-order valence-corrected chi connectivity index (χ2v) is 5.06. The maximum atomic E-state index is 12.1. The summed E-state index contributed by atoms with van der Waals surface area (Å²) in [5.74, 6) is -0.391. The van der Waals surface area contributed by atoms with E-state index in [0.29, 0.717) is 5.82 Å². The molecule has 1 rings (SSSR count). The average molecular weight is 269 g/mol. The fourth-order valence-electron chi connectivity index (χ4n) is 1.52. The molecule has 0 saturated carbocycles. The smallest absolute Gasteiger partial charge is 0.318 e. The van der Waals surface area contributed by atoms with Crippen LogP contribution < -0.4 is 5.32 Å². The van der Waals surface area contributed by atoms with Crippen molar-refractivity contribution in [2.45, 2.75) is 39.3 Å². The van der Waals surface area contributed by atoms with Crippen LogP contribution in [0.15, 0.2) is 6.33 Å². The third-order valence-corrected chi connectivity index (χ3v) is 2.48. The predicted octanol–water partition coefficient (Wildman–Crippen LogP) is 0.589. The molecular weight excluding hydrogens is 250 g/mol. The summed E-state index contributed by atoms with van der Waals surface area (Å²) < 4.78 is 0. The quantitative estimate of drug-likeness (QED) is 0.724. The van der Waals surface area contributed by atoms with Crippen molar-refractivity contribution in [2.24, 2.45) is 0 Å². The third kappa shape index (κ3) is 4.94. The van der Waals surface area contributed by atoms with Gasteiger partial charge in [0.05, 0.1) is 13.0 Å². The van der Waals surface area contributed by atoms with Gasteiger partial charge in [-0.3, -0.25) is 9.89 Å². The van der Waals surface area contributed by atoms with Crippen LogP contribution in [0.4, 0.5) is 4.79 Å². The molecule has 0 radical (unpaired) electrons. The minimum absolute atomic E-state index is 0.0903. The van der Waals surface area contributed by atoms with E-state index in [0.717, 1.165) is 0 Å². The largest absolute Gasteiger partial charge is 0.481 e. The molecule has 0 aliphatic rings. The first-order valence-corrected chi connectivity index (χ1v) is 5.92. The van der Waals surface area contributed by atoms with Crippen LogP contribution in [0.25, 0.3) is 0 Å². The minimum atomic E-state index is -0.933. The number of carbonyl (C=O) groups excluding carboxylic acids is 1. The van der Waals surface area contributed by atoms with Gasteiger partial charge in [-0.25, -0.2) is 9.78 Å². The lowest BCUT2D eigenvalue weighted by Crippen LogP contribution is -2.51. The van der Waals surface area contributed by atoms with Crippen molar-refractivity contribution in [1.29, 1.82) is 0 Å². The first-order valence-electron chi connectivity index (χ1n) is 5.92. The minimum Gasteiger partial charge on any atom is -0.481 e. The summed E-state index contributed by atoms with van der Waals surface area (Å²) in [7, 11) is 0. The van der Waals surface area contributed by atoms with Gasteiger partial charge in [-0.2, -0.15) is 5.10 Å². The average Bonchev–Trinajstić information content (AvgIpc) is 2.76. The number of hydrogen-bond donors (Lipinski definition) is 3. The van der Waals surface area contributed by atoms with Gasteiger partial charge in [0, 0.05) is 12.1 Å². The van der Waals surface area contributed by atoms with Crippen molar-refractivity contribution in [3.8, 4) is 0 Å². The van der Waals surface area contributed by atoms with Crippen molar-refractivity contribution in [2.75, 3.05) is 6.54 Å². The van der Waals surface area contributed by atoms with Crippen molar-refractivity contribution in [3.63, 3.8) is 0 Å². The SMILES string of the molecule is CC(C)(C)N(CCC(=O)O)C(=O)NCc1ncn[nH]1. The van der Waals surface area contributed by atoms with Crippen molar-refractivity contribution in [3.05, 3.63) is 12.2 Å². The monoisotopic (exact) mass is 269 g/mol. The zero-order valence-electron chi connectivity index (χ0n) is 11.3. The maximum absolute atomic E-state index is 12.1. The van der Waals surface area contributed by atoms with E-state index in [-0.39, 0.29) is 25.5 Å². The van der Waals surface area contributed by atoms with Crippen LogP contribution in [0.1, 0.15) is 33.0 Å². The molecular formula is C11H19N5O3. The van der Waals surface area contributed by atoms with E-state index < -0.39 is 11.5 Å². The number of amides is 2. The van der Waals surface area contributed by atoms with Gasteiger partial charge >= 0.3 is 12.0 Å². The van der Waals surface area contributed by atoms with Crippen LogP contribution in [0.2, 0.25) is 0 Å². The number of aromatic amines is 1. The summed E-state index contributed by atoms with van der Waals surface area (Å²) in [5.41, 5.74) is -0.457. The number of carboxylic acids is 1. The van der Waals surface area contributed by atoms with Gasteiger partial charge in [0.2, 0.25) is 0 Å². The topological polar surface area (TPSA) is 111 Å². The van der Waals surface area contributed by atoms with E-state index in [4.69, 9.17) is 5.11 Å². The van der Waals surface area contributed by atoms with Gasteiger partial charge in [0.15, 0.2) is 0 Å². The standard InChI is InChI=1S/C11H19N5O3/c1-11(2,3)16(5-4-9(17)18)10(19)12-6-8-13-7-14-15-8/h7H,4-6H2,1-3H3,(H,12,19)(H,17,18)(H,13,14,15). The molecule has 0 aromatic carbocycles. The Morgan fingerprint density at radius 3 is 2.63 bits per heavy atom. The second kappa shape index (κ2) is 6.17. The summed E-state index contributed by atoms with van der Waals surface area (Å²) >= 11 is 0. The van der Waals surface area contributed by atoms with Gasteiger partial charge in [-0.1, -0.05) is 0 Å². The molecule has 3 N–H and O–H groups in total. The van der Waals surface area contributed by atoms with Crippen molar-refractivity contribution >= 4 is 12.0 Å². The summed E-state index contributed by atoms with van der Waals surface area (Å²) in [6.45, 7) is 5.92. The highest BCUT2D eigenvalue weighted by Gasteiger charge is 2.26. The molecule has 0 fully saturated rings. The lowest BCUT2D eigenvalue weighted by Gasteiger charge is -2.35. The molecule has 0 spiro atoms. The van der Waals surface area contributed by atoms with E-state index in [2.05, 4.69) is 20.5 Å². The van der Waals surface area contributed by atoms with Gasteiger partial charge in [0.25, 0.3) is 0 Å². The second-order valence-electron chi connectivity index (χ2n) is 5.06. The Bertz CT molecular complexity index is 424. The zero-order valence-corrected chi connectivity index (χ0v) is 11.3. The van der Waals surface area contributed by atoms with E-state index in [1.54, 1.807) is 0 Å². The third-order valence-electron chi connectivity index (χ3n) is 2.48. The highest BCUT2D eigenvalue weighted by Crippen LogP contribution is 2.14. The molecule has 8 nitrogen and oxygen atoms in total. The molecule has 0 unspecified atom stereocenters. The Morgan fingerprint density at radius 1 is 1.47 bits per heavy atom. The Morgan fingerprint density at radius 2 is 2.16 bits per heavy atom. The molecule has 1 heterocycles. The van der Waals surface area contributed by atoms with Crippen LogP contribution in [0.5, 0.6) is 0 Å². The van der Waals surface area contributed by atoms with E-state index >= 15 is 0 Å². The molecule has 1 aromatic rings. The number of urea groups is 1. The number of nitrogens with one attached hydrogen (secondary N) is 2. The molecule has 0 aliphatic heterocycles. The van der Waals surface area contributed by atoms with Crippen LogP contribution >= 0.6 is 0 Å². The van der Waals surface area contributed by atoms with Crippen LogP contribution in [0.3, 0.4) is 0 Å². The summed E-state index contributed by atoms with van der Waals surface area (Å²) in [5, 5.41) is 17.7. The number of aromatic nitrogens is 3. The van der Waals surface area contributed by atoms with Crippen molar-refractivity contribution in [1.82, 2.24) is 25.4 Å². The zero-order chi connectivity index (χ0) is 14.5. The van der Waals surface area contributed by atoms with Crippen LogP contribution in [-0.2, 0) is 11.3 Å². The Labute approximate surface area is 111 Å². The van der Waals surface area contributed by atoms with Crippen LogP contribution in [0, 0.1) is 0 Å². The van der Waals surface area contributed by atoms with E-state index in [9.17, 15) is 9.59 Å². The fourth-order valence-corrected chi connectivity index (χ4v) is 1.52. The lowest BCUT2D eigenvalue weighted by atomic mass is 10.1. The predicted molar refractivity (Wildman–Crippen MR) is 67.3 cm³/mol. The molecule has 106 valence electrons. The fraction of sp³-hybridized carbons (Fsp3) is 0.636. The first-order chi connectivity index (χ1) is 8.80. The molecule has 0 atom stereocenters. The molecule has 1 aromatic heterocycles. The number of H-pyrrole nitrogens is 1. The molecule has 0 bridgehead atoms. The molecule has 0 saturated heterocycles. The molecule has 2 amide bonds. The number of nitrogens with zero attached hydrogens (tertiary/aromatic N) is 3. The normalized spacial score (nSPS) is 11.1. The Hall–Kier alpha value is -2.12. The summed E-state index contributed by atoms with van der Waals surface area (Å²) in [4.78, 5) is 28.0. The summed E-state index contributed by atoms with van der Waals surface area (Å²) in [6.07, 6.45) is 1.26. The number of carboxylic acid groups (broad SMARTS) is 1. The Balaban J connectivity index is 2.58. The van der Waals surface area contributed by atoms with E-state index in [1.165, 1.54) is 11.2 Å². The highest BCUT2D eigenvalue weighted by molar-refractivity contribution is 5.76. The van der Waals surface area contributed by atoms with Crippen molar-refractivity contribution < 1.29 is 14.7 Å².